The van der Waals surface area contributed by atoms with E-state index in [4.69, 9.17) is 0 Å². The van der Waals surface area contributed by atoms with Crippen LogP contribution >= 0.6 is 0 Å². The van der Waals surface area contributed by atoms with E-state index in [2.05, 4.69) is 10.6 Å². The Kier molecular flexibility index (Phi) is 6.19. The lowest BCUT2D eigenvalue weighted by Crippen LogP contribution is -2.67. The second kappa shape index (κ2) is 8.39. The van der Waals surface area contributed by atoms with E-state index >= 15 is 0 Å². The fourth-order valence-corrected chi connectivity index (χ4v) is 3.23. The molecule has 11 heteroatoms. The monoisotopic (exact) mass is 447 g/mol. The lowest BCUT2D eigenvalue weighted by molar-refractivity contribution is -0.131. The number of hydrogen-bond acceptors (Lipinski definition) is 4. The molecule has 0 bridgehead atoms. The topological polar surface area (TPSA) is 64.6 Å². The molecule has 0 saturated carbocycles. The minimum absolute atomic E-state index is 0.180. The number of amides is 1. The molecule has 0 aromatic heterocycles. The molecular weight excluding hydrogens is 428 g/mol. The maximum Gasteiger partial charge on any atom is 0.401 e. The van der Waals surface area contributed by atoms with E-state index in [1.165, 1.54) is 18.2 Å². The van der Waals surface area contributed by atoms with Crippen molar-refractivity contribution in [2.24, 2.45) is 0 Å². The molecule has 1 aliphatic rings. The maximum absolute atomic E-state index is 14.4. The molecule has 168 valence electrons. The quantitative estimate of drug-likeness (QED) is 0.594. The number of anilines is 2. The summed E-state index contributed by atoms with van der Waals surface area (Å²) in [5.74, 6) is -4.19. The molecule has 0 radical (unpaired) electrons. The summed E-state index contributed by atoms with van der Waals surface area (Å²) in [5.41, 5.74) is -2.07. The Morgan fingerprint density at radius 2 is 1.81 bits per heavy atom. The van der Waals surface area contributed by atoms with E-state index in [1.54, 1.807) is 6.92 Å². The number of benzene rings is 2. The third kappa shape index (κ3) is 5.28. The standard InChI is InChI=1S/C20H19F6N3O2/c1-11-2-5-15(14(22)6-11)28-17-12(3-4-13(21)16(17)23)18(30)29-9-19(31,10-29)7-27-8-20(24,25)26/h2-6,27-28,31H,7-10H2,1H3. The van der Waals surface area contributed by atoms with Crippen LogP contribution in [-0.2, 0) is 0 Å². The average Bonchev–Trinajstić information content (AvgIpc) is 2.64. The van der Waals surface area contributed by atoms with Gasteiger partial charge in [-0.05, 0) is 36.8 Å². The van der Waals surface area contributed by atoms with Gasteiger partial charge in [0, 0.05) is 6.54 Å². The molecule has 0 aliphatic carbocycles. The summed E-state index contributed by atoms with van der Waals surface area (Å²) in [4.78, 5) is 13.8. The Morgan fingerprint density at radius 1 is 1.13 bits per heavy atom. The van der Waals surface area contributed by atoms with E-state index in [-0.39, 0.29) is 24.3 Å². The Labute approximate surface area is 173 Å². The van der Waals surface area contributed by atoms with Crippen LogP contribution in [0.1, 0.15) is 15.9 Å². The predicted molar refractivity (Wildman–Crippen MR) is 101 cm³/mol. The van der Waals surface area contributed by atoms with Crippen molar-refractivity contribution in [3.05, 3.63) is 58.9 Å². The van der Waals surface area contributed by atoms with E-state index in [0.717, 1.165) is 17.0 Å². The summed E-state index contributed by atoms with van der Waals surface area (Å²) in [6.45, 7) is -0.697. The molecular formula is C20H19F6N3O2. The fourth-order valence-electron chi connectivity index (χ4n) is 3.23. The molecule has 1 saturated heterocycles. The second-order valence-electron chi connectivity index (χ2n) is 7.50. The SMILES string of the molecule is Cc1ccc(Nc2c(C(=O)N3CC(O)(CNCC(F)(F)F)C3)ccc(F)c2F)c(F)c1. The summed E-state index contributed by atoms with van der Waals surface area (Å²) in [6.07, 6.45) is -4.45. The van der Waals surface area contributed by atoms with E-state index in [1.807, 2.05) is 0 Å². The Bertz CT molecular complexity index is 990. The number of aliphatic hydroxyl groups is 1. The van der Waals surface area contributed by atoms with Crippen LogP contribution in [0.2, 0.25) is 0 Å². The smallest absolute Gasteiger partial charge is 0.385 e. The molecule has 1 fully saturated rings. The highest BCUT2D eigenvalue weighted by molar-refractivity contribution is 6.01. The number of carbonyl (C=O) groups excluding carboxylic acids is 1. The average molecular weight is 447 g/mol. The number of halogens is 6. The van der Waals surface area contributed by atoms with Crippen LogP contribution in [0.15, 0.2) is 30.3 Å². The molecule has 1 heterocycles. The van der Waals surface area contributed by atoms with Crippen molar-refractivity contribution in [2.45, 2.75) is 18.7 Å². The number of rotatable bonds is 6. The van der Waals surface area contributed by atoms with Gasteiger partial charge in [0.15, 0.2) is 11.6 Å². The lowest BCUT2D eigenvalue weighted by atomic mass is 9.92. The molecule has 2 aromatic rings. The first kappa shape index (κ1) is 22.9. The van der Waals surface area contributed by atoms with Crippen LogP contribution in [-0.4, -0.2) is 53.9 Å². The Morgan fingerprint density at radius 3 is 2.42 bits per heavy atom. The first-order valence-electron chi connectivity index (χ1n) is 9.19. The van der Waals surface area contributed by atoms with Gasteiger partial charge in [-0.1, -0.05) is 6.07 Å². The number of aryl methyl sites for hydroxylation is 1. The Hall–Kier alpha value is -2.79. The number of β-amino-alcohol motifs (C(OH)–C–C–N with tert-alkyl or cyclic N) is 1. The van der Waals surface area contributed by atoms with Crippen LogP contribution in [0.3, 0.4) is 0 Å². The first-order valence-corrected chi connectivity index (χ1v) is 9.19. The highest BCUT2D eigenvalue weighted by atomic mass is 19.4. The minimum Gasteiger partial charge on any atom is -0.385 e. The van der Waals surface area contributed by atoms with E-state index < -0.39 is 53.9 Å². The van der Waals surface area contributed by atoms with Crippen LogP contribution in [0.25, 0.3) is 0 Å². The predicted octanol–water partition coefficient (Wildman–Crippen LogP) is 3.49. The van der Waals surface area contributed by atoms with Crippen LogP contribution in [0.4, 0.5) is 37.7 Å². The van der Waals surface area contributed by atoms with E-state index in [0.29, 0.717) is 5.56 Å². The molecule has 2 aromatic carbocycles. The zero-order chi connectivity index (χ0) is 23.0. The second-order valence-corrected chi connectivity index (χ2v) is 7.50. The molecule has 3 rings (SSSR count). The number of carbonyl (C=O) groups is 1. The van der Waals surface area contributed by atoms with Crippen molar-refractivity contribution in [1.29, 1.82) is 0 Å². The van der Waals surface area contributed by atoms with Gasteiger partial charge in [-0.15, -0.1) is 0 Å². The van der Waals surface area contributed by atoms with Crippen LogP contribution in [0, 0.1) is 24.4 Å². The highest BCUT2D eigenvalue weighted by Gasteiger charge is 2.44. The molecule has 5 nitrogen and oxygen atoms in total. The summed E-state index contributed by atoms with van der Waals surface area (Å²) < 4.78 is 79.0. The van der Waals surface area contributed by atoms with Crippen LogP contribution in [0.5, 0.6) is 0 Å². The van der Waals surface area contributed by atoms with Crippen LogP contribution < -0.4 is 10.6 Å². The fraction of sp³-hybridized carbons (Fsp3) is 0.350. The van der Waals surface area contributed by atoms with Crippen molar-refractivity contribution in [1.82, 2.24) is 10.2 Å². The first-order chi connectivity index (χ1) is 14.4. The van der Waals surface area contributed by atoms with E-state index in [9.17, 15) is 36.2 Å². The number of nitrogens with one attached hydrogen (secondary N) is 2. The molecule has 3 N–H and O–H groups in total. The minimum atomic E-state index is -4.45. The van der Waals surface area contributed by atoms with Gasteiger partial charge in [0.05, 0.1) is 36.6 Å². The zero-order valence-electron chi connectivity index (χ0n) is 16.3. The number of likely N-dealkylation sites (tertiary alicyclic amines) is 1. The van der Waals surface area contributed by atoms with Crippen molar-refractivity contribution in [3.63, 3.8) is 0 Å². The van der Waals surface area contributed by atoms with Gasteiger partial charge in [-0.3, -0.25) is 4.79 Å². The summed E-state index contributed by atoms with van der Waals surface area (Å²) in [5, 5.41) is 14.7. The molecule has 0 spiro atoms. The van der Waals surface area contributed by atoms with Crippen molar-refractivity contribution in [3.8, 4) is 0 Å². The number of nitrogens with zero attached hydrogens (tertiary/aromatic N) is 1. The molecule has 0 unspecified atom stereocenters. The van der Waals surface area contributed by atoms with Gasteiger partial charge in [0.2, 0.25) is 0 Å². The largest absolute Gasteiger partial charge is 0.401 e. The van der Waals surface area contributed by atoms with Crippen molar-refractivity contribution >= 4 is 17.3 Å². The summed E-state index contributed by atoms with van der Waals surface area (Å²) >= 11 is 0. The lowest BCUT2D eigenvalue weighted by Gasteiger charge is -2.46. The number of hydrogen-bond donors (Lipinski definition) is 3. The van der Waals surface area contributed by atoms with Crippen molar-refractivity contribution in [2.75, 3.05) is 31.5 Å². The summed E-state index contributed by atoms with van der Waals surface area (Å²) in [7, 11) is 0. The zero-order valence-corrected chi connectivity index (χ0v) is 16.3. The molecule has 1 amide bonds. The maximum atomic E-state index is 14.4. The third-order valence-electron chi connectivity index (χ3n) is 4.75. The van der Waals surface area contributed by atoms with Crippen molar-refractivity contribution < 1.29 is 36.2 Å². The van der Waals surface area contributed by atoms with Gasteiger partial charge in [-0.25, -0.2) is 13.2 Å². The van der Waals surface area contributed by atoms with Gasteiger partial charge < -0.3 is 20.6 Å². The van der Waals surface area contributed by atoms with Gasteiger partial charge in [0.1, 0.15) is 11.4 Å². The number of alkyl halides is 3. The normalized spacial score (nSPS) is 15.5. The Balaban J connectivity index is 1.76. The molecule has 31 heavy (non-hydrogen) atoms. The third-order valence-corrected chi connectivity index (χ3v) is 4.75. The highest BCUT2D eigenvalue weighted by Crippen LogP contribution is 2.31. The summed E-state index contributed by atoms with van der Waals surface area (Å²) in [6, 6.07) is 5.75. The van der Waals surface area contributed by atoms with Gasteiger partial charge in [-0.2, -0.15) is 13.2 Å². The molecule has 0 atom stereocenters. The van der Waals surface area contributed by atoms with Gasteiger partial charge >= 0.3 is 6.18 Å². The molecule has 1 aliphatic heterocycles. The van der Waals surface area contributed by atoms with Gasteiger partial charge in [0.25, 0.3) is 5.91 Å².